The number of ether oxygens (including phenoxy) is 1. The van der Waals surface area contributed by atoms with E-state index in [1.807, 2.05) is 6.07 Å². The minimum Gasteiger partial charge on any atom is -0.442 e. The fourth-order valence-electron chi connectivity index (χ4n) is 2.07. The predicted molar refractivity (Wildman–Crippen MR) is 92.8 cm³/mol. The van der Waals surface area contributed by atoms with Crippen LogP contribution in [0.3, 0.4) is 0 Å². The molecular formula is C16H22N3O3P. The van der Waals surface area contributed by atoms with Crippen molar-refractivity contribution in [1.29, 1.82) is 0 Å². The summed E-state index contributed by atoms with van der Waals surface area (Å²) >= 11 is 0. The average molecular weight is 335 g/mol. The summed E-state index contributed by atoms with van der Waals surface area (Å²) < 4.78 is 18.7. The molecule has 0 saturated carbocycles. The highest BCUT2D eigenvalue weighted by Crippen LogP contribution is 2.38. The average Bonchev–Trinajstić information content (AvgIpc) is 2.85. The Morgan fingerprint density at radius 2 is 1.91 bits per heavy atom. The van der Waals surface area contributed by atoms with Crippen molar-refractivity contribution < 1.29 is 14.1 Å². The van der Waals surface area contributed by atoms with Crippen molar-refractivity contribution in [3.05, 3.63) is 30.6 Å². The van der Waals surface area contributed by atoms with Crippen LogP contribution in [0.4, 0.5) is 10.5 Å². The SMILES string of the molecule is CC(C)(C)OC(=O)n1cc(-c2ccc(N)c(P(C)(C)=O)c2)cn1. The molecule has 2 aromatic rings. The molecule has 7 heteroatoms. The van der Waals surface area contributed by atoms with Gasteiger partial charge in [0.1, 0.15) is 12.7 Å². The van der Waals surface area contributed by atoms with Gasteiger partial charge in [-0.05, 0) is 51.8 Å². The van der Waals surface area contributed by atoms with E-state index in [2.05, 4.69) is 5.10 Å². The van der Waals surface area contributed by atoms with Crippen LogP contribution in [0.25, 0.3) is 11.1 Å². The van der Waals surface area contributed by atoms with Gasteiger partial charge in [-0.2, -0.15) is 9.78 Å². The van der Waals surface area contributed by atoms with Crippen molar-refractivity contribution in [3.63, 3.8) is 0 Å². The summed E-state index contributed by atoms with van der Waals surface area (Å²) in [7, 11) is -2.49. The highest BCUT2D eigenvalue weighted by molar-refractivity contribution is 7.70. The summed E-state index contributed by atoms with van der Waals surface area (Å²) in [5.74, 6) is 0. The zero-order valence-corrected chi connectivity index (χ0v) is 14.9. The Balaban J connectivity index is 2.35. The molecule has 0 fully saturated rings. The smallest absolute Gasteiger partial charge is 0.435 e. The highest BCUT2D eigenvalue weighted by atomic mass is 31.2. The Hall–Kier alpha value is -2.07. The topological polar surface area (TPSA) is 87.2 Å². The Kier molecular flexibility index (Phi) is 4.40. The van der Waals surface area contributed by atoms with E-state index in [4.69, 9.17) is 10.5 Å². The number of aromatic nitrogens is 2. The molecule has 0 spiro atoms. The van der Waals surface area contributed by atoms with Crippen molar-refractivity contribution in [2.45, 2.75) is 26.4 Å². The molecule has 23 heavy (non-hydrogen) atoms. The lowest BCUT2D eigenvalue weighted by Crippen LogP contribution is -2.27. The highest BCUT2D eigenvalue weighted by Gasteiger charge is 2.20. The number of nitrogens with zero attached hydrogens (tertiary/aromatic N) is 2. The number of anilines is 1. The van der Waals surface area contributed by atoms with Crippen molar-refractivity contribution in [3.8, 4) is 11.1 Å². The maximum absolute atomic E-state index is 12.3. The third-order valence-electron chi connectivity index (χ3n) is 3.11. The molecule has 0 radical (unpaired) electrons. The van der Waals surface area contributed by atoms with Crippen LogP contribution in [0.1, 0.15) is 20.8 Å². The first-order chi connectivity index (χ1) is 10.5. The molecule has 0 atom stereocenters. The second-order valence-electron chi connectivity index (χ2n) is 6.78. The van der Waals surface area contributed by atoms with E-state index < -0.39 is 18.8 Å². The van der Waals surface area contributed by atoms with Crippen molar-refractivity contribution >= 4 is 24.2 Å². The summed E-state index contributed by atoms with van der Waals surface area (Å²) in [6.45, 7) is 8.73. The van der Waals surface area contributed by atoms with Crippen molar-refractivity contribution in [1.82, 2.24) is 9.78 Å². The van der Waals surface area contributed by atoms with E-state index in [0.29, 0.717) is 11.0 Å². The second-order valence-corrected chi connectivity index (χ2v) is 9.96. The molecule has 1 aromatic heterocycles. The van der Waals surface area contributed by atoms with Gasteiger partial charge in [-0.3, -0.25) is 0 Å². The zero-order valence-electron chi connectivity index (χ0n) is 14.0. The number of hydrogen-bond acceptors (Lipinski definition) is 5. The molecule has 1 heterocycles. The predicted octanol–water partition coefficient (Wildman–Crippen LogP) is 3.16. The summed E-state index contributed by atoms with van der Waals surface area (Å²) in [6.07, 6.45) is 2.60. The fourth-order valence-corrected chi connectivity index (χ4v) is 3.22. The molecule has 0 aliphatic heterocycles. The van der Waals surface area contributed by atoms with E-state index in [9.17, 15) is 9.36 Å². The van der Waals surface area contributed by atoms with Crippen LogP contribution < -0.4 is 11.0 Å². The first kappa shape index (κ1) is 17.3. The largest absolute Gasteiger partial charge is 0.442 e. The van der Waals surface area contributed by atoms with Crippen LogP contribution in [0, 0.1) is 0 Å². The third-order valence-corrected chi connectivity index (χ3v) is 4.65. The van der Waals surface area contributed by atoms with Gasteiger partial charge in [-0.25, -0.2) is 4.79 Å². The van der Waals surface area contributed by atoms with E-state index in [1.165, 1.54) is 0 Å². The van der Waals surface area contributed by atoms with Crippen LogP contribution in [0.5, 0.6) is 0 Å². The van der Waals surface area contributed by atoms with Gasteiger partial charge in [-0.1, -0.05) is 6.07 Å². The molecule has 0 bridgehead atoms. The minimum atomic E-state index is -2.49. The number of hydrogen-bond donors (Lipinski definition) is 1. The standard InChI is InChI=1S/C16H22N3O3P/c1-16(2,3)22-15(20)19-10-12(9-18-19)11-6-7-13(17)14(8-11)23(4,5)21/h6-10H,17H2,1-5H3. The number of benzene rings is 1. The van der Waals surface area contributed by atoms with Gasteiger partial charge in [0.05, 0.1) is 6.20 Å². The number of carbonyl (C=O) groups is 1. The van der Waals surface area contributed by atoms with Gasteiger partial charge in [0.25, 0.3) is 0 Å². The maximum atomic E-state index is 12.3. The Morgan fingerprint density at radius 1 is 1.26 bits per heavy atom. The first-order valence-corrected chi connectivity index (χ1v) is 9.81. The molecule has 6 nitrogen and oxygen atoms in total. The number of nitrogen functional groups attached to an aromatic ring is 1. The molecule has 0 unspecified atom stereocenters. The molecule has 0 aliphatic carbocycles. The molecule has 124 valence electrons. The molecular weight excluding hydrogens is 313 g/mol. The second kappa shape index (κ2) is 5.85. The maximum Gasteiger partial charge on any atom is 0.435 e. The van der Waals surface area contributed by atoms with E-state index in [0.717, 1.165) is 15.8 Å². The van der Waals surface area contributed by atoms with Gasteiger partial charge >= 0.3 is 6.09 Å². The van der Waals surface area contributed by atoms with Crippen LogP contribution in [0.15, 0.2) is 30.6 Å². The van der Waals surface area contributed by atoms with E-state index in [1.54, 1.807) is 58.6 Å². The normalized spacial score (nSPS) is 12.2. The molecule has 2 N–H and O–H groups in total. The van der Waals surface area contributed by atoms with Gasteiger partial charge in [0.15, 0.2) is 0 Å². The van der Waals surface area contributed by atoms with E-state index in [-0.39, 0.29) is 0 Å². The number of nitrogens with two attached hydrogens (primary N) is 1. The fraction of sp³-hybridized carbons (Fsp3) is 0.375. The minimum absolute atomic E-state index is 0.501. The van der Waals surface area contributed by atoms with Crippen molar-refractivity contribution in [2.24, 2.45) is 0 Å². The summed E-state index contributed by atoms with van der Waals surface area (Å²) in [6, 6.07) is 5.31. The third kappa shape index (κ3) is 4.23. The summed E-state index contributed by atoms with van der Waals surface area (Å²) in [4.78, 5) is 12.0. The summed E-state index contributed by atoms with van der Waals surface area (Å²) in [5.41, 5.74) is 7.35. The number of carbonyl (C=O) groups excluding carboxylic acids is 1. The summed E-state index contributed by atoms with van der Waals surface area (Å²) in [5, 5.41) is 4.66. The molecule has 0 saturated heterocycles. The molecule has 1 aromatic carbocycles. The van der Waals surface area contributed by atoms with Gasteiger partial charge < -0.3 is 15.0 Å². The Labute approximate surface area is 136 Å². The monoisotopic (exact) mass is 335 g/mol. The lowest BCUT2D eigenvalue weighted by Gasteiger charge is -2.18. The molecule has 2 rings (SSSR count). The number of rotatable bonds is 2. The Bertz CT molecular complexity index is 784. The van der Waals surface area contributed by atoms with Crippen LogP contribution >= 0.6 is 7.14 Å². The van der Waals surface area contributed by atoms with Gasteiger partial charge in [0, 0.05) is 22.8 Å². The Morgan fingerprint density at radius 3 is 2.48 bits per heavy atom. The van der Waals surface area contributed by atoms with Crippen molar-refractivity contribution in [2.75, 3.05) is 19.1 Å². The lowest BCUT2D eigenvalue weighted by molar-refractivity contribution is 0.0514. The van der Waals surface area contributed by atoms with Crippen LogP contribution in [-0.4, -0.2) is 34.8 Å². The quantitative estimate of drug-likeness (QED) is 0.673. The first-order valence-electron chi connectivity index (χ1n) is 7.21. The van der Waals surface area contributed by atoms with E-state index >= 15 is 0 Å². The lowest BCUT2D eigenvalue weighted by atomic mass is 10.1. The van der Waals surface area contributed by atoms with Crippen LogP contribution in [-0.2, 0) is 9.30 Å². The van der Waals surface area contributed by atoms with Crippen LogP contribution in [0.2, 0.25) is 0 Å². The van der Waals surface area contributed by atoms with Gasteiger partial charge in [0.2, 0.25) is 0 Å². The zero-order chi connectivity index (χ0) is 17.4. The molecule has 0 aliphatic rings. The van der Waals surface area contributed by atoms with Gasteiger partial charge in [-0.15, -0.1) is 0 Å². The molecule has 0 amide bonds.